The second kappa shape index (κ2) is 6.05. The highest BCUT2D eigenvalue weighted by atomic mass is 16.1. The van der Waals surface area contributed by atoms with Crippen LogP contribution in [0.1, 0.15) is 27.4 Å². The van der Waals surface area contributed by atoms with Crippen LogP contribution in [-0.2, 0) is 6.42 Å². The van der Waals surface area contributed by atoms with Crippen molar-refractivity contribution >= 4 is 22.5 Å². The van der Waals surface area contributed by atoms with Crippen LogP contribution < -0.4 is 5.32 Å². The van der Waals surface area contributed by atoms with Gasteiger partial charge in [-0.3, -0.25) is 9.20 Å². The summed E-state index contributed by atoms with van der Waals surface area (Å²) in [6, 6.07) is 11.5. The summed E-state index contributed by atoms with van der Waals surface area (Å²) < 4.78 is 1.93. The monoisotopic (exact) mass is 333 g/mol. The number of H-pyrrole nitrogens is 1. The minimum atomic E-state index is -0.0750. The summed E-state index contributed by atoms with van der Waals surface area (Å²) in [5.74, 6) is 0.762. The molecule has 2 N–H and O–H groups in total. The third kappa shape index (κ3) is 2.76. The fraction of sp³-hybridized carbons (Fsp3) is 0.211. The van der Waals surface area contributed by atoms with E-state index in [0.717, 1.165) is 28.1 Å². The first-order chi connectivity index (χ1) is 12.1. The quantitative estimate of drug-likeness (QED) is 0.603. The third-order valence-electron chi connectivity index (χ3n) is 4.59. The van der Waals surface area contributed by atoms with Gasteiger partial charge in [-0.15, -0.1) is 10.2 Å². The molecule has 3 heterocycles. The maximum atomic E-state index is 12.4. The number of nitrogens with one attached hydrogen (secondary N) is 2. The van der Waals surface area contributed by atoms with Crippen LogP contribution in [0.25, 0.3) is 16.6 Å². The third-order valence-corrected chi connectivity index (χ3v) is 4.59. The van der Waals surface area contributed by atoms with E-state index < -0.39 is 0 Å². The number of pyridine rings is 1. The van der Waals surface area contributed by atoms with E-state index in [9.17, 15) is 4.79 Å². The fourth-order valence-electron chi connectivity index (χ4n) is 3.05. The highest BCUT2D eigenvalue weighted by Gasteiger charge is 2.10. The van der Waals surface area contributed by atoms with Crippen LogP contribution in [0, 0.1) is 13.8 Å². The Bertz CT molecular complexity index is 1080. The summed E-state index contributed by atoms with van der Waals surface area (Å²) in [5.41, 5.74) is 4.85. The number of rotatable bonds is 4. The van der Waals surface area contributed by atoms with Gasteiger partial charge in [0, 0.05) is 41.3 Å². The van der Waals surface area contributed by atoms with E-state index in [1.54, 1.807) is 0 Å². The van der Waals surface area contributed by atoms with E-state index in [4.69, 9.17) is 0 Å². The predicted octanol–water partition coefficient (Wildman–Crippen LogP) is 2.80. The lowest BCUT2D eigenvalue weighted by Crippen LogP contribution is -2.26. The number of hydrogen-bond donors (Lipinski definition) is 2. The number of carbonyl (C=O) groups is 1. The van der Waals surface area contributed by atoms with Crippen LogP contribution in [-0.4, -0.2) is 32.0 Å². The molecule has 0 aliphatic carbocycles. The Balaban J connectivity index is 1.46. The minimum absolute atomic E-state index is 0.0750. The molecular weight excluding hydrogens is 314 g/mol. The summed E-state index contributed by atoms with van der Waals surface area (Å²) in [6.45, 7) is 4.61. The largest absolute Gasteiger partial charge is 0.358 e. The summed E-state index contributed by atoms with van der Waals surface area (Å²) in [6.07, 6.45) is 2.55. The van der Waals surface area contributed by atoms with Crippen molar-refractivity contribution in [2.24, 2.45) is 0 Å². The maximum absolute atomic E-state index is 12.4. The number of aromatic amines is 1. The number of aryl methyl sites for hydroxylation is 2. The Labute approximate surface area is 144 Å². The van der Waals surface area contributed by atoms with Crippen molar-refractivity contribution < 1.29 is 4.79 Å². The van der Waals surface area contributed by atoms with Crippen LogP contribution in [0.4, 0.5) is 0 Å². The van der Waals surface area contributed by atoms with Crippen LogP contribution >= 0.6 is 0 Å². The Hall–Kier alpha value is -3.15. The molecule has 3 aromatic heterocycles. The topological polar surface area (TPSA) is 75.1 Å². The van der Waals surface area contributed by atoms with Gasteiger partial charge in [-0.1, -0.05) is 6.07 Å². The first-order valence-electron chi connectivity index (χ1n) is 8.29. The molecule has 0 saturated carbocycles. The summed E-state index contributed by atoms with van der Waals surface area (Å²) in [5, 5.41) is 12.3. The van der Waals surface area contributed by atoms with Gasteiger partial charge in [0.2, 0.25) is 0 Å². The van der Waals surface area contributed by atoms with E-state index in [0.29, 0.717) is 18.5 Å². The molecule has 1 aromatic carbocycles. The Morgan fingerprint density at radius 3 is 2.96 bits per heavy atom. The predicted molar refractivity (Wildman–Crippen MR) is 96.8 cm³/mol. The number of aromatic nitrogens is 4. The smallest absolute Gasteiger partial charge is 0.251 e. The van der Waals surface area contributed by atoms with Gasteiger partial charge in [0.1, 0.15) is 5.82 Å². The van der Waals surface area contributed by atoms with Crippen molar-refractivity contribution in [2.75, 3.05) is 6.54 Å². The summed E-state index contributed by atoms with van der Waals surface area (Å²) in [4.78, 5) is 15.8. The number of fused-ring (bicyclic) bond motifs is 2. The van der Waals surface area contributed by atoms with Crippen LogP contribution in [0.15, 0.2) is 42.6 Å². The van der Waals surface area contributed by atoms with Gasteiger partial charge >= 0.3 is 0 Å². The summed E-state index contributed by atoms with van der Waals surface area (Å²) in [7, 11) is 0. The molecule has 0 saturated heterocycles. The van der Waals surface area contributed by atoms with Gasteiger partial charge in [0.25, 0.3) is 5.91 Å². The van der Waals surface area contributed by atoms with Crippen molar-refractivity contribution in [3.8, 4) is 0 Å². The average molecular weight is 333 g/mol. The molecule has 0 aliphatic rings. The molecule has 126 valence electrons. The SMILES string of the molecule is Cc1[nH]c2ccc(C(=O)NCCc3nnc4ccccn34)cc2c1C. The summed E-state index contributed by atoms with van der Waals surface area (Å²) >= 11 is 0. The van der Waals surface area contributed by atoms with Gasteiger partial charge < -0.3 is 10.3 Å². The molecule has 4 rings (SSSR count). The molecular formula is C19H19N5O. The molecule has 0 spiro atoms. The highest BCUT2D eigenvalue weighted by molar-refractivity contribution is 5.99. The van der Waals surface area contributed by atoms with E-state index in [1.807, 2.05) is 53.9 Å². The maximum Gasteiger partial charge on any atom is 0.251 e. The van der Waals surface area contributed by atoms with E-state index in [1.165, 1.54) is 5.56 Å². The Morgan fingerprint density at radius 1 is 1.20 bits per heavy atom. The molecule has 0 bridgehead atoms. The zero-order valence-electron chi connectivity index (χ0n) is 14.2. The van der Waals surface area contributed by atoms with Crippen LogP contribution in [0.5, 0.6) is 0 Å². The number of amides is 1. The molecule has 0 radical (unpaired) electrons. The van der Waals surface area contributed by atoms with Crippen molar-refractivity contribution in [1.82, 2.24) is 24.9 Å². The molecule has 0 fully saturated rings. The second-order valence-electron chi connectivity index (χ2n) is 6.19. The lowest BCUT2D eigenvalue weighted by Gasteiger charge is -2.05. The van der Waals surface area contributed by atoms with Crippen molar-refractivity contribution in [3.05, 3.63) is 65.2 Å². The van der Waals surface area contributed by atoms with Crippen LogP contribution in [0.2, 0.25) is 0 Å². The molecule has 0 aliphatic heterocycles. The second-order valence-corrected chi connectivity index (χ2v) is 6.19. The Morgan fingerprint density at radius 2 is 2.08 bits per heavy atom. The highest BCUT2D eigenvalue weighted by Crippen LogP contribution is 2.22. The van der Waals surface area contributed by atoms with Crippen molar-refractivity contribution in [2.45, 2.75) is 20.3 Å². The minimum Gasteiger partial charge on any atom is -0.358 e. The molecule has 6 nitrogen and oxygen atoms in total. The first-order valence-corrected chi connectivity index (χ1v) is 8.29. The molecule has 25 heavy (non-hydrogen) atoms. The zero-order valence-corrected chi connectivity index (χ0v) is 14.2. The standard InChI is InChI=1S/C19H19N5O/c1-12-13(2)21-16-7-6-14(11-15(12)16)19(25)20-9-8-18-23-22-17-5-3-4-10-24(17)18/h3-7,10-11,21H,8-9H2,1-2H3,(H,20,25). The van der Waals surface area contributed by atoms with Gasteiger partial charge in [-0.2, -0.15) is 0 Å². The van der Waals surface area contributed by atoms with Crippen molar-refractivity contribution in [3.63, 3.8) is 0 Å². The molecule has 6 heteroatoms. The normalized spacial score (nSPS) is 11.3. The van der Waals surface area contributed by atoms with E-state index in [2.05, 4.69) is 27.4 Å². The van der Waals surface area contributed by atoms with Gasteiger partial charge in [0.05, 0.1) is 0 Å². The number of benzene rings is 1. The van der Waals surface area contributed by atoms with E-state index >= 15 is 0 Å². The lowest BCUT2D eigenvalue weighted by atomic mass is 10.1. The van der Waals surface area contributed by atoms with Crippen molar-refractivity contribution in [1.29, 1.82) is 0 Å². The fourth-order valence-corrected chi connectivity index (χ4v) is 3.05. The molecule has 0 unspecified atom stereocenters. The van der Waals surface area contributed by atoms with Gasteiger partial charge in [-0.05, 0) is 49.7 Å². The lowest BCUT2D eigenvalue weighted by molar-refractivity contribution is 0.0954. The number of hydrogen-bond acceptors (Lipinski definition) is 3. The molecule has 4 aromatic rings. The Kier molecular flexibility index (Phi) is 3.72. The van der Waals surface area contributed by atoms with Gasteiger partial charge in [0.15, 0.2) is 5.65 Å². The molecule has 1 amide bonds. The average Bonchev–Trinajstić information content (AvgIpc) is 3.16. The number of nitrogens with zero attached hydrogens (tertiary/aromatic N) is 3. The first kappa shape index (κ1) is 15.4. The zero-order chi connectivity index (χ0) is 17.4. The van der Waals surface area contributed by atoms with E-state index in [-0.39, 0.29) is 5.91 Å². The van der Waals surface area contributed by atoms with Crippen LogP contribution in [0.3, 0.4) is 0 Å². The molecule has 0 atom stereocenters. The number of carbonyl (C=O) groups excluding carboxylic acids is 1. The van der Waals surface area contributed by atoms with Gasteiger partial charge in [-0.25, -0.2) is 0 Å².